The largest absolute Gasteiger partial charge is 0.497 e. The average Bonchev–Trinajstić information content (AvgIpc) is 2.36. The van der Waals surface area contributed by atoms with Gasteiger partial charge in [-0.3, -0.25) is 4.79 Å². The highest BCUT2D eigenvalue weighted by Crippen LogP contribution is 2.19. The number of benzene rings is 1. The van der Waals surface area contributed by atoms with E-state index in [0.29, 0.717) is 18.0 Å². The Morgan fingerprint density at radius 3 is 2.55 bits per heavy atom. The fourth-order valence-electron chi connectivity index (χ4n) is 1.85. The Hall–Kier alpha value is -0.530. The molecule has 0 bridgehead atoms. The van der Waals surface area contributed by atoms with Gasteiger partial charge in [0.25, 0.3) is 5.91 Å². The molecule has 0 heterocycles. The summed E-state index contributed by atoms with van der Waals surface area (Å²) in [7, 11) is 1.61. The third kappa shape index (κ3) is 5.85. The number of hydrogen-bond donors (Lipinski definition) is 2. The third-order valence-electron chi connectivity index (χ3n) is 2.80. The smallest absolute Gasteiger partial charge is 0.252 e. The van der Waals surface area contributed by atoms with Gasteiger partial charge in [-0.25, -0.2) is 0 Å². The Kier molecular flexibility index (Phi) is 9.16. The number of amides is 1. The fraction of sp³-hybridized carbons (Fsp3) is 0.500. The molecular formula is C14H22ClIN2O2. The summed E-state index contributed by atoms with van der Waals surface area (Å²) in [5, 5.41) is 2.98. The fourth-order valence-corrected chi connectivity index (χ4v) is 2.58. The van der Waals surface area contributed by atoms with E-state index in [1.54, 1.807) is 19.2 Å². The Morgan fingerprint density at radius 1 is 1.45 bits per heavy atom. The number of nitrogens with one attached hydrogen (secondary N) is 1. The lowest BCUT2D eigenvalue weighted by Gasteiger charge is -2.19. The van der Waals surface area contributed by atoms with E-state index in [-0.39, 0.29) is 24.4 Å². The second-order valence-corrected chi connectivity index (χ2v) is 6.04. The molecule has 0 saturated carbocycles. The first-order valence-electron chi connectivity index (χ1n) is 6.32. The topological polar surface area (TPSA) is 64.3 Å². The van der Waals surface area contributed by atoms with E-state index in [1.807, 2.05) is 6.07 Å². The van der Waals surface area contributed by atoms with Gasteiger partial charge in [0.2, 0.25) is 0 Å². The van der Waals surface area contributed by atoms with Gasteiger partial charge in [0.15, 0.2) is 0 Å². The van der Waals surface area contributed by atoms with Gasteiger partial charge in [0.1, 0.15) is 5.75 Å². The minimum atomic E-state index is -0.0804. The third-order valence-corrected chi connectivity index (χ3v) is 3.69. The molecule has 1 unspecified atom stereocenters. The maximum Gasteiger partial charge on any atom is 0.252 e. The zero-order chi connectivity index (χ0) is 14.4. The Balaban J connectivity index is 0.00000361. The molecule has 0 aromatic heterocycles. The predicted octanol–water partition coefficient (Wildman–Crippen LogP) is 2.82. The molecule has 0 aliphatic heterocycles. The van der Waals surface area contributed by atoms with E-state index in [2.05, 4.69) is 41.8 Å². The van der Waals surface area contributed by atoms with Gasteiger partial charge in [-0.2, -0.15) is 0 Å². The molecule has 0 fully saturated rings. The quantitative estimate of drug-likeness (QED) is 0.706. The molecule has 0 aliphatic rings. The van der Waals surface area contributed by atoms with Crippen LogP contribution in [0.1, 0.15) is 30.6 Å². The van der Waals surface area contributed by atoms with Crippen LogP contribution in [0.2, 0.25) is 0 Å². The van der Waals surface area contributed by atoms with Gasteiger partial charge in [-0.15, -0.1) is 12.4 Å². The number of rotatable bonds is 6. The van der Waals surface area contributed by atoms with Crippen molar-refractivity contribution in [3.8, 4) is 5.75 Å². The standard InChI is InChI=1S/C14H21IN2O2.ClH/c1-9(2)6-10(8-16)17-14(18)12-5-4-11(19-3)7-13(12)15;/h4-5,7,9-10H,6,8,16H2,1-3H3,(H,17,18);1H. The highest BCUT2D eigenvalue weighted by Gasteiger charge is 2.16. The predicted molar refractivity (Wildman–Crippen MR) is 92.7 cm³/mol. The van der Waals surface area contributed by atoms with Crippen molar-refractivity contribution in [2.45, 2.75) is 26.3 Å². The SMILES string of the molecule is COc1ccc(C(=O)NC(CN)CC(C)C)c(I)c1.Cl. The molecule has 0 radical (unpaired) electrons. The van der Waals surface area contributed by atoms with E-state index in [4.69, 9.17) is 10.5 Å². The average molecular weight is 413 g/mol. The minimum absolute atomic E-state index is 0. The summed E-state index contributed by atoms with van der Waals surface area (Å²) in [6.07, 6.45) is 0.884. The van der Waals surface area contributed by atoms with Crippen LogP contribution in [0, 0.1) is 9.49 Å². The summed E-state index contributed by atoms with van der Waals surface area (Å²) in [6.45, 7) is 4.69. The number of carbonyl (C=O) groups is 1. The van der Waals surface area contributed by atoms with Gasteiger partial charge < -0.3 is 15.8 Å². The molecule has 3 N–H and O–H groups in total. The molecule has 1 amide bonds. The van der Waals surface area contributed by atoms with E-state index in [1.165, 1.54) is 0 Å². The highest BCUT2D eigenvalue weighted by atomic mass is 127. The molecule has 0 aliphatic carbocycles. The van der Waals surface area contributed by atoms with E-state index < -0.39 is 0 Å². The molecule has 114 valence electrons. The molecule has 1 aromatic rings. The van der Waals surface area contributed by atoms with Crippen LogP contribution in [0.15, 0.2) is 18.2 Å². The number of hydrogen-bond acceptors (Lipinski definition) is 3. The summed E-state index contributed by atoms with van der Waals surface area (Å²) < 4.78 is 6.00. The van der Waals surface area contributed by atoms with Gasteiger partial charge in [-0.05, 0) is 53.1 Å². The molecule has 1 aromatic carbocycles. The number of carbonyl (C=O) groups excluding carboxylic acids is 1. The van der Waals surface area contributed by atoms with Gasteiger partial charge in [0, 0.05) is 16.2 Å². The van der Waals surface area contributed by atoms with Crippen LogP contribution in [0.5, 0.6) is 5.75 Å². The van der Waals surface area contributed by atoms with Crippen molar-refractivity contribution in [1.82, 2.24) is 5.32 Å². The van der Waals surface area contributed by atoms with Crippen molar-refractivity contribution >= 4 is 40.9 Å². The molecule has 20 heavy (non-hydrogen) atoms. The van der Waals surface area contributed by atoms with Crippen LogP contribution in [0.3, 0.4) is 0 Å². The maximum atomic E-state index is 12.2. The zero-order valence-electron chi connectivity index (χ0n) is 12.0. The number of ether oxygens (including phenoxy) is 1. The molecule has 0 saturated heterocycles. The minimum Gasteiger partial charge on any atom is -0.497 e. The van der Waals surface area contributed by atoms with Gasteiger partial charge in [0.05, 0.1) is 12.7 Å². The molecule has 1 atom stereocenters. The maximum absolute atomic E-state index is 12.2. The van der Waals surface area contributed by atoms with Crippen molar-refractivity contribution < 1.29 is 9.53 Å². The van der Waals surface area contributed by atoms with E-state index >= 15 is 0 Å². The first-order chi connectivity index (χ1) is 8.97. The van der Waals surface area contributed by atoms with Crippen LogP contribution >= 0.6 is 35.0 Å². The Bertz CT molecular complexity index is 441. The van der Waals surface area contributed by atoms with Crippen molar-refractivity contribution in [3.05, 3.63) is 27.3 Å². The second kappa shape index (κ2) is 9.41. The van der Waals surface area contributed by atoms with E-state index in [0.717, 1.165) is 15.7 Å². The van der Waals surface area contributed by atoms with Crippen LogP contribution in [-0.2, 0) is 0 Å². The lowest BCUT2D eigenvalue weighted by atomic mass is 10.0. The van der Waals surface area contributed by atoms with Crippen molar-refractivity contribution in [1.29, 1.82) is 0 Å². The monoisotopic (exact) mass is 412 g/mol. The van der Waals surface area contributed by atoms with Gasteiger partial charge >= 0.3 is 0 Å². The van der Waals surface area contributed by atoms with Crippen molar-refractivity contribution in [3.63, 3.8) is 0 Å². The summed E-state index contributed by atoms with van der Waals surface area (Å²) in [5.41, 5.74) is 6.35. The van der Waals surface area contributed by atoms with E-state index in [9.17, 15) is 4.79 Å². The Labute approximate surface area is 140 Å². The lowest BCUT2D eigenvalue weighted by Crippen LogP contribution is -2.41. The van der Waals surface area contributed by atoms with Crippen molar-refractivity contribution in [2.75, 3.05) is 13.7 Å². The van der Waals surface area contributed by atoms with Crippen LogP contribution < -0.4 is 15.8 Å². The molecular weight excluding hydrogens is 391 g/mol. The lowest BCUT2D eigenvalue weighted by molar-refractivity contribution is 0.0933. The first-order valence-corrected chi connectivity index (χ1v) is 7.40. The summed E-state index contributed by atoms with van der Waals surface area (Å²) in [5.74, 6) is 1.17. The van der Waals surface area contributed by atoms with Crippen LogP contribution in [0.25, 0.3) is 0 Å². The molecule has 4 nitrogen and oxygen atoms in total. The zero-order valence-corrected chi connectivity index (χ0v) is 15.0. The molecule has 0 spiro atoms. The summed E-state index contributed by atoms with van der Waals surface area (Å²) in [6, 6.07) is 5.43. The Morgan fingerprint density at radius 2 is 2.10 bits per heavy atom. The second-order valence-electron chi connectivity index (χ2n) is 4.88. The number of nitrogens with two attached hydrogens (primary N) is 1. The summed E-state index contributed by atoms with van der Waals surface area (Å²) in [4.78, 5) is 12.2. The van der Waals surface area contributed by atoms with Crippen LogP contribution in [-0.4, -0.2) is 25.6 Å². The van der Waals surface area contributed by atoms with Gasteiger partial charge in [-0.1, -0.05) is 13.8 Å². The normalized spacial score (nSPS) is 11.7. The first kappa shape index (κ1) is 19.5. The van der Waals surface area contributed by atoms with Crippen LogP contribution in [0.4, 0.5) is 0 Å². The highest BCUT2D eigenvalue weighted by molar-refractivity contribution is 14.1. The number of methoxy groups -OCH3 is 1. The molecule has 6 heteroatoms. The van der Waals surface area contributed by atoms with Crippen molar-refractivity contribution in [2.24, 2.45) is 11.7 Å². The molecule has 1 rings (SSSR count). The summed E-state index contributed by atoms with van der Waals surface area (Å²) >= 11 is 2.14. The number of halogens is 2.